The minimum absolute atomic E-state index is 0.398. The van der Waals surface area contributed by atoms with E-state index in [0.29, 0.717) is 16.6 Å². The van der Waals surface area contributed by atoms with Crippen molar-refractivity contribution < 1.29 is 0 Å². The van der Waals surface area contributed by atoms with Crippen LogP contribution in [0, 0.1) is 11.3 Å². The maximum absolute atomic E-state index is 8.85. The molecule has 0 spiro atoms. The first-order valence-corrected chi connectivity index (χ1v) is 7.67. The predicted octanol–water partition coefficient (Wildman–Crippen LogP) is 4.13. The van der Waals surface area contributed by atoms with Crippen LogP contribution in [0.1, 0.15) is 39.2 Å². The van der Waals surface area contributed by atoms with Crippen molar-refractivity contribution >= 4 is 17.3 Å². The zero-order valence-corrected chi connectivity index (χ0v) is 13.4. The van der Waals surface area contributed by atoms with Crippen LogP contribution >= 0.6 is 11.6 Å². The third-order valence-corrected chi connectivity index (χ3v) is 3.82. The number of anilines is 1. The van der Waals surface area contributed by atoms with Gasteiger partial charge in [-0.3, -0.25) is 0 Å². The highest BCUT2D eigenvalue weighted by atomic mass is 35.5. The minimum Gasteiger partial charge on any atom is -0.383 e. The molecule has 0 fully saturated rings. The largest absolute Gasteiger partial charge is 0.383 e. The summed E-state index contributed by atoms with van der Waals surface area (Å²) in [6.07, 6.45) is 2.30. The van der Waals surface area contributed by atoms with Gasteiger partial charge in [-0.2, -0.15) is 5.26 Å². The third kappa shape index (κ3) is 5.40. The van der Waals surface area contributed by atoms with Crippen LogP contribution in [0.5, 0.6) is 0 Å². The van der Waals surface area contributed by atoms with Crippen molar-refractivity contribution in [2.45, 2.75) is 39.7 Å². The summed E-state index contributed by atoms with van der Waals surface area (Å²) in [5.74, 6) is 0. The van der Waals surface area contributed by atoms with E-state index in [1.54, 1.807) is 6.07 Å². The van der Waals surface area contributed by atoms with Gasteiger partial charge in [0.15, 0.2) is 0 Å². The summed E-state index contributed by atoms with van der Waals surface area (Å²) < 4.78 is 0. The van der Waals surface area contributed by atoms with E-state index < -0.39 is 0 Å². The third-order valence-electron chi connectivity index (χ3n) is 3.51. The zero-order valence-electron chi connectivity index (χ0n) is 12.6. The van der Waals surface area contributed by atoms with Crippen molar-refractivity contribution in [3.05, 3.63) is 28.8 Å². The van der Waals surface area contributed by atoms with E-state index in [9.17, 15) is 0 Å². The van der Waals surface area contributed by atoms with Gasteiger partial charge in [0.25, 0.3) is 0 Å². The summed E-state index contributed by atoms with van der Waals surface area (Å²) in [6, 6.07) is 7.95. The van der Waals surface area contributed by atoms with Crippen LogP contribution < -0.4 is 5.32 Å². The van der Waals surface area contributed by atoms with E-state index in [-0.39, 0.29) is 0 Å². The lowest BCUT2D eigenvalue weighted by atomic mass is 10.1. The zero-order chi connectivity index (χ0) is 15.0. The summed E-state index contributed by atoms with van der Waals surface area (Å²) in [7, 11) is 0. The van der Waals surface area contributed by atoms with E-state index in [1.807, 2.05) is 12.1 Å². The molecule has 0 aliphatic carbocycles. The first kappa shape index (κ1) is 16.8. The Morgan fingerprint density at radius 2 is 2.05 bits per heavy atom. The van der Waals surface area contributed by atoms with Gasteiger partial charge < -0.3 is 10.2 Å². The lowest BCUT2D eigenvalue weighted by Gasteiger charge is -2.20. The molecular formula is C16H24ClN3. The van der Waals surface area contributed by atoms with Crippen molar-refractivity contribution in [3.63, 3.8) is 0 Å². The van der Waals surface area contributed by atoms with E-state index in [2.05, 4.69) is 37.1 Å². The van der Waals surface area contributed by atoms with Gasteiger partial charge in [-0.1, -0.05) is 25.4 Å². The lowest BCUT2D eigenvalue weighted by molar-refractivity contribution is 0.295. The number of hydrogen-bond donors (Lipinski definition) is 1. The summed E-state index contributed by atoms with van der Waals surface area (Å²) in [5, 5.41) is 12.8. The molecule has 0 amide bonds. The number of rotatable bonds is 8. The molecule has 0 saturated heterocycles. The second-order valence-electron chi connectivity index (χ2n) is 5.02. The molecule has 1 N–H and O–H groups in total. The number of halogens is 1. The van der Waals surface area contributed by atoms with Gasteiger partial charge in [0, 0.05) is 11.7 Å². The Kier molecular flexibility index (Phi) is 7.43. The molecule has 110 valence electrons. The highest BCUT2D eigenvalue weighted by Crippen LogP contribution is 2.21. The van der Waals surface area contributed by atoms with Gasteiger partial charge in [-0.15, -0.1) is 0 Å². The van der Waals surface area contributed by atoms with Crippen molar-refractivity contribution in [2.75, 3.05) is 25.0 Å². The van der Waals surface area contributed by atoms with Gasteiger partial charge in [0.1, 0.15) is 6.07 Å². The van der Waals surface area contributed by atoms with Gasteiger partial charge in [-0.25, -0.2) is 0 Å². The van der Waals surface area contributed by atoms with E-state index >= 15 is 0 Å². The summed E-state index contributed by atoms with van der Waals surface area (Å²) in [6.45, 7) is 9.95. The molecule has 1 unspecified atom stereocenters. The molecule has 1 aromatic carbocycles. The second-order valence-corrected chi connectivity index (χ2v) is 5.43. The quantitative estimate of drug-likeness (QED) is 0.783. The molecule has 0 aromatic heterocycles. The number of nitriles is 1. The SMILES string of the molecule is CCN(CC)CCCC(C)Nc1ccc(C#N)c(Cl)c1. The topological polar surface area (TPSA) is 39.1 Å². The Morgan fingerprint density at radius 3 is 2.60 bits per heavy atom. The van der Waals surface area contributed by atoms with Gasteiger partial charge >= 0.3 is 0 Å². The fourth-order valence-electron chi connectivity index (χ4n) is 2.21. The van der Waals surface area contributed by atoms with E-state index in [0.717, 1.165) is 31.7 Å². The molecule has 0 aliphatic rings. The van der Waals surface area contributed by atoms with E-state index in [4.69, 9.17) is 16.9 Å². The lowest BCUT2D eigenvalue weighted by Crippen LogP contribution is -2.25. The number of nitrogens with zero attached hydrogens (tertiary/aromatic N) is 2. The summed E-state index contributed by atoms with van der Waals surface area (Å²) in [4.78, 5) is 2.44. The molecule has 0 radical (unpaired) electrons. The highest BCUT2D eigenvalue weighted by Gasteiger charge is 2.06. The molecule has 1 rings (SSSR count). The average molecular weight is 294 g/mol. The first-order valence-electron chi connectivity index (χ1n) is 7.29. The van der Waals surface area contributed by atoms with Crippen molar-refractivity contribution in [2.24, 2.45) is 0 Å². The molecule has 1 atom stereocenters. The standard InChI is InChI=1S/C16H24ClN3/c1-4-20(5-2)10-6-7-13(3)19-15-9-8-14(12-18)16(17)11-15/h8-9,11,13,19H,4-7,10H2,1-3H3. The summed E-state index contributed by atoms with van der Waals surface area (Å²) in [5.41, 5.74) is 1.50. The molecule has 1 aromatic rings. The number of nitrogens with one attached hydrogen (secondary N) is 1. The van der Waals surface area contributed by atoms with Crippen molar-refractivity contribution in [1.29, 1.82) is 5.26 Å². The van der Waals surface area contributed by atoms with Crippen LogP contribution in [0.25, 0.3) is 0 Å². The predicted molar refractivity (Wildman–Crippen MR) is 86.3 cm³/mol. The first-order chi connectivity index (χ1) is 9.60. The Bertz CT molecular complexity index is 450. The number of hydrogen-bond acceptors (Lipinski definition) is 3. The fourth-order valence-corrected chi connectivity index (χ4v) is 2.44. The molecule has 20 heavy (non-hydrogen) atoms. The molecule has 0 bridgehead atoms. The highest BCUT2D eigenvalue weighted by molar-refractivity contribution is 6.32. The smallest absolute Gasteiger partial charge is 0.101 e. The molecule has 4 heteroatoms. The van der Waals surface area contributed by atoms with Gasteiger partial charge in [0.2, 0.25) is 0 Å². The van der Waals surface area contributed by atoms with Gasteiger partial charge in [0.05, 0.1) is 10.6 Å². The Morgan fingerprint density at radius 1 is 1.35 bits per heavy atom. The number of benzene rings is 1. The Hall–Kier alpha value is -1.24. The van der Waals surface area contributed by atoms with Crippen LogP contribution in [0.2, 0.25) is 5.02 Å². The monoisotopic (exact) mass is 293 g/mol. The molecule has 0 heterocycles. The van der Waals surface area contributed by atoms with Crippen LogP contribution in [-0.2, 0) is 0 Å². The maximum Gasteiger partial charge on any atom is 0.101 e. The minimum atomic E-state index is 0.398. The molecule has 0 aliphatic heterocycles. The molecular weight excluding hydrogens is 270 g/mol. The molecule has 0 saturated carbocycles. The second kappa shape index (κ2) is 8.84. The van der Waals surface area contributed by atoms with Gasteiger partial charge in [-0.05, 0) is 57.6 Å². The Balaban J connectivity index is 2.41. The summed E-state index contributed by atoms with van der Waals surface area (Å²) >= 11 is 6.03. The normalized spacial score (nSPS) is 12.2. The fraction of sp³-hybridized carbons (Fsp3) is 0.562. The maximum atomic E-state index is 8.85. The van der Waals surface area contributed by atoms with Crippen LogP contribution in [0.15, 0.2) is 18.2 Å². The van der Waals surface area contributed by atoms with Crippen LogP contribution in [-0.4, -0.2) is 30.6 Å². The van der Waals surface area contributed by atoms with Crippen molar-refractivity contribution in [1.82, 2.24) is 4.90 Å². The van der Waals surface area contributed by atoms with E-state index in [1.165, 1.54) is 6.42 Å². The average Bonchev–Trinajstić information content (AvgIpc) is 2.44. The van der Waals surface area contributed by atoms with Crippen LogP contribution in [0.4, 0.5) is 5.69 Å². The molecule has 3 nitrogen and oxygen atoms in total. The van der Waals surface area contributed by atoms with Crippen molar-refractivity contribution in [3.8, 4) is 6.07 Å². The Labute approximate surface area is 127 Å². The van der Waals surface area contributed by atoms with Crippen LogP contribution in [0.3, 0.4) is 0 Å².